The molecule has 1 unspecified atom stereocenters. The van der Waals surface area contributed by atoms with Crippen LogP contribution in [0.3, 0.4) is 0 Å². The molecule has 2 heterocycles. The van der Waals surface area contributed by atoms with Crippen LogP contribution in [0.15, 0.2) is 30.3 Å². The molecule has 0 spiro atoms. The first-order valence-electron chi connectivity index (χ1n) is 8.00. The van der Waals surface area contributed by atoms with E-state index in [1.54, 1.807) is 4.68 Å². The molecule has 1 aliphatic rings. The van der Waals surface area contributed by atoms with Crippen molar-refractivity contribution < 1.29 is 9.53 Å². The molecule has 1 aliphatic heterocycles. The van der Waals surface area contributed by atoms with Crippen molar-refractivity contribution in [3.63, 3.8) is 0 Å². The Morgan fingerprint density at radius 2 is 2.09 bits per heavy atom. The summed E-state index contributed by atoms with van der Waals surface area (Å²) in [6.07, 6.45) is 1.16. The van der Waals surface area contributed by atoms with Gasteiger partial charge in [0.1, 0.15) is 0 Å². The van der Waals surface area contributed by atoms with E-state index in [1.165, 1.54) is 0 Å². The van der Waals surface area contributed by atoms with Crippen molar-refractivity contribution in [3.8, 4) is 5.69 Å². The highest BCUT2D eigenvalue weighted by Gasteiger charge is 2.24. The van der Waals surface area contributed by atoms with Crippen molar-refractivity contribution in [3.05, 3.63) is 41.7 Å². The number of amides is 1. The van der Waals surface area contributed by atoms with Crippen LogP contribution in [0.4, 0.5) is 0 Å². The molecule has 6 nitrogen and oxygen atoms in total. The van der Waals surface area contributed by atoms with E-state index in [0.717, 1.165) is 23.5 Å². The van der Waals surface area contributed by atoms with Gasteiger partial charge in [-0.1, -0.05) is 23.4 Å². The molecule has 1 amide bonds. The molecule has 0 aliphatic carbocycles. The Labute approximate surface area is 136 Å². The summed E-state index contributed by atoms with van der Waals surface area (Å²) in [5.41, 5.74) is 2.59. The molecule has 0 radical (unpaired) electrons. The number of rotatable bonds is 3. The predicted molar refractivity (Wildman–Crippen MR) is 86.4 cm³/mol. The largest absolute Gasteiger partial charge is 0.380 e. The van der Waals surface area contributed by atoms with Crippen LogP contribution in [-0.2, 0) is 16.0 Å². The van der Waals surface area contributed by atoms with Crippen molar-refractivity contribution >= 4 is 5.91 Å². The highest BCUT2D eigenvalue weighted by Crippen LogP contribution is 2.15. The number of aromatic nitrogens is 3. The summed E-state index contributed by atoms with van der Waals surface area (Å²) in [5, 5.41) is 8.40. The zero-order valence-corrected chi connectivity index (χ0v) is 13.6. The van der Waals surface area contributed by atoms with Crippen LogP contribution in [0.25, 0.3) is 5.69 Å². The van der Waals surface area contributed by atoms with E-state index in [9.17, 15) is 4.79 Å². The number of hydrogen-bond donors (Lipinski definition) is 0. The molecule has 1 aromatic heterocycles. The van der Waals surface area contributed by atoms with Gasteiger partial charge in [0.25, 0.3) is 0 Å². The van der Waals surface area contributed by atoms with E-state index in [4.69, 9.17) is 4.74 Å². The fourth-order valence-electron chi connectivity index (χ4n) is 2.85. The lowest BCUT2D eigenvalue weighted by atomic mass is 10.1. The van der Waals surface area contributed by atoms with E-state index in [0.29, 0.717) is 19.8 Å². The second-order valence-electron chi connectivity index (χ2n) is 5.88. The Kier molecular flexibility index (Phi) is 4.71. The smallest absolute Gasteiger partial charge is 0.229 e. The zero-order valence-electron chi connectivity index (χ0n) is 13.6. The van der Waals surface area contributed by atoms with E-state index < -0.39 is 0 Å². The van der Waals surface area contributed by atoms with Crippen molar-refractivity contribution in [1.82, 2.24) is 19.9 Å². The summed E-state index contributed by atoms with van der Waals surface area (Å²) in [6.45, 7) is 5.98. The standard InChI is InChI=1S/C17H22N4O2/c1-13-8-10-23-11-9-20(13)17(22)12-16-14(2)21(19-18-16)15-6-4-3-5-7-15/h3-7,13H,8-12H2,1-2H3. The number of carbonyl (C=O) groups is 1. The van der Waals surface area contributed by atoms with Gasteiger partial charge in [-0.2, -0.15) is 0 Å². The third-order valence-corrected chi connectivity index (χ3v) is 4.32. The lowest BCUT2D eigenvalue weighted by Gasteiger charge is -2.26. The fraction of sp³-hybridized carbons (Fsp3) is 0.471. The van der Waals surface area contributed by atoms with Crippen LogP contribution in [-0.4, -0.2) is 51.6 Å². The van der Waals surface area contributed by atoms with Gasteiger partial charge in [-0.25, -0.2) is 4.68 Å². The Bertz CT molecular complexity index is 668. The molecule has 0 N–H and O–H groups in total. The first kappa shape index (κ1) is 15.7. The van der Waals surface area contributed by atoms with Gasteiger partial charge in [0, 0.05) is 19.2 Å². The molecular formula is C17H22N4O2. The molecule has 0 bridgehead atoms. The average Bonchev–Trinajstić information content (AvgIpc) is 2.78. The van der Waals surface area contributed by atoms with E-state index >= 15 is 0 Å². The molecule has 1 fully saturated rings. The summed E-state index contributed by atoms with van der Waals surface area (Å²) in [4.78, 5) is 14.5. The molecule has 23 heavy (non-hydrogen) atoms. The quantitative estimate of drug-likeness (QED) is 0.866. The Morgan fingerprint density at radius 1 is 1.30 bits per heavy atom. The predicted octanol–water partition coefficient (Wildman–Crippen LogP) is 1.76. The van der Waals surface area contributed by atoms with E-state index in [-0.39, 0.29) is 18.4 Å². The normalized spacial score (nSPS) is 18.7. The van der Waals surface area contributed by atoms with Gasteiger partial charge in [0.2, 0.25) is 5.91 Å². The number of para-hydroxylation sites is 1. The van der Waals surface area contributed by atoms with Gasteiger partial charge in [-0.15, -0.1) is 5.10 Å². The first-order chi connectivity index (χ1) is 11.2. The SMILES string of the molecule is Cc1c(CC(=O)N2CCOCCC2C)nnn1-c1ccccc1. The minimum Gasteiger partial charge on any atom is -0.380 e. The Hall–Kier alpha value is -2.21. The molecule has 1 saturated heterocycles. The highest BCUT2D eigenvalue weighted by molar-refractivity contribution is 5.79. The Balaban J connectivity index is 1.75. The average molecular weight is 314 g/mol. The van der Waals surface area contributed by atoms with Crippen LogP contribution >= 0.6 is 0 Å². The molecule has 122 valence electrons. The van der Waals surface area contributed by atoms with Crippen LogP contribution in [0.5, 0.6) is 0 Å². The minimum atomic E-state index is 0.0891. The third-order valence-electron chi connectivity index (χ3n) is 4.32. The van der Waals surface area contributed by atoms with Crippen LogP contribution in [0.1, 0.15) is 24.7 Å². The van der Waals surface area contributed by atoms with E-state index in [1.807, 2.05) is 42.2 Å². The number of nitrogens with zero attached hydrogens (tertiary/aromatic N) is 4. The molecule has 6 heteroatoms. The van der Waals surface area contributed by atoms with Gasteiger partial charge in [-0.05, 0) is 32.4 Å². The van der Waals surface area contributed by atoms with Crippen molar-refractivity contribution in [2.75, 3.05) is 19.8 Å². The monoisotopic (exact) mass is 314 g/mol. The minimum absolute atomic E-state index is 0.0891. The van der Waals surface area contributed by atoms with Crippen LogP contribution in [0, 0.1) is 6.92 Å². The highest BCUT2D eigenvalue weighted by atomic mass is 16.5. The van der Waals surface area contributed by atoms with Crippen LogP contribution in [0.2, 0.25) is 0 Å². The third kappa shape index (κ3) is 3.42. The van der Waals surface area contributed by atoms with Gasteiger partial charge in [-0.3, -0.25) is 4.79 Å². The molecule has 0 saturated carbocycles. The maximum atomic E-state index is 12.6. The van der Waals surface area contributed by atoms with Crippen molar-refractivity contribution in [2.45, 2.75) is 32.7 Å². The van der Waals surface area contributed by atoms with Gasteiger partial charge in [0.15, 0.2) is 0 Å². The van der Waals surface area contributed by atoms with E-state index in [2.05, 4.69) is 17.2 Å². The summed E-state index contributed by atoms with van der Waals surface area (Å²) < 4.78 is 7.23. The van der Waals surface area contributed by atoms with Crippen molar-refractivity contribution in [2.24, 2.45) is 0 Å². The molecule has 2 aromatic rings. The maximum Gasteiger partial charge on any atom is 0.229 e. The number of hydrogen-bond acceptors (Lipinski definition) is 4. The summed E-state index contributed by atoms with van der Waals surface area (Å²) in [6, 6.07) is 10.0. The van der Waals surface area contributed by atoms with Gasteiger partial charge in [0.05, 0.1) is 30.1 Å². The summed E-state index contributed by atoms with van der Waals surface area (Å²) in [5.74, 6) is 0.0891. The Morgan fingerprint density at radius 3 is 2.87 bits per heavy atom. The van der Waals surface area contributed by atoms with Gasteiger partial charge >= 0.3 is 0 Å². The topological polar surface area (TPSA) is 60.3 Å². The lowest BCUT2D eigenvalue weighted by Crippen LogP contribution is -2.40. The van der Waals surface area contributed by atoms with Gasteiger partial charge < -0.3 is 9.64 Å². The number of ether oxygens (including phenoxy) is 1. The molecule has 1 atom stereocenters. The molecular weight excluding hydrogens is 292 g/mol. The summed E-state index contributed by atoms with van der Waals surface area (Å²) in [7, 11) is 0. The first-order valence-corrected chi connectivity index (χ1v) is 8.00. The zero-order chi connectivity index (χ0) is 16.2. The fourth-order valence-corrected chi connectivity index (χ4v) is 2.85. The molecule has 3 rings (SSSR count). The second kappa shape index (κ2) is 6.91. The second-order valence-corrected chi connectivity index (χ2v) is 5.88. The number of benzene rings is 1. The van der Waals surface area contributed by atoms with Crippen molar-refractivity contribution in [1.29, 1.82) is 0 Å². The summed E-state index contributed by atoms with van der Waals surface area (Å²) >= 11 is 0. The lowest BCUT2D eigenvalue weighted by molar-refractivity contribution is -0.132. The number of carbonyl (C=O) groups excluding carboxylic acids is 1. The maximum absolute atomic E-state index is 12.6. The van der Waals surface area contributed by atoms with Crippen LogP contribution < -0.4 is 0 Å². The molecule has 1 aromatic carbocycles.